The number of benzene rings is 2. The van der Waals surface area contributed by atoms with Gasteiger partial charge in [0.2, 0.25) is 5.91 Å². The summed E-state index contributed by atoms with van der Waals surface area (Å²) in [4.78, 5) is 16.2. The predicted octanol–water partition coefficient (Wildman–Crippen LogP) is 5.28. The van der Waals surface area contributed by atoms with Crippen LogP contribution in [-0.2, 0) is 11.2 Å². The van der Waals surface area contributed by atoms with Crippen molar-refractivity contribution in [2.24, 2.45) is 5.73 Å². The molecule has 0 aliphatic heterocycles. The van der Waals surface area contributed by atoms with Crippen molar-refractivity contribution in [2.75, 3.05) is 11.9 Å². The molecule has 0 radical (unpaired) electrons. The van der Waals surface area contributed by atoms with Gasteiger partial charge >= 0.3 is 0 Å². The van der Waals surface area contributed by atoms with Gasteiger partial charge in [-0.2, -0.15) is 0 Å². The normalized spacial score (nSPS) is 12.5. The van der Waals surface area contributed by atoms with Crippen molar-refractivity contribution in [2.45, 2.75) is 39.5 Å². The molecule has 0 saturated heterocycles. The second kappa shape index (κ2) is 11.8. The van der Waals surface area contributed by atoms with Gasteiger partial charge in [-0.25, -0.2) is 4.98 Å². The third-order valence-corrected chi connectivity index (χ3v) is 5.15. The van der Waals surface area contributed by atoms with Gasteiger partial charge in [0.15, 0.2) is 0 Å². The monoisotopic (exact) mass is 428 g/mol. The molecule has 3 N–H and O–H groups in total. The van der Waals surface area contributed by atoms with Crippen LogP contribution in [0.4, 0.5) is 5.69 Å². The summed E-state index contributed by atoms with van der Waals surface area (Å²) in [5.74, 6) is 0.0176. The maximum absolute atomic E-state index is 12.0. The summed E-state index contributed by atoms with van der Waals surface area (Å²) in [6, 6.07) is 16.2. The van der Waals surface area contributed by atoms with Crippen LogP contribution in [0.1, 0.15) is 36.1 Å². The summed E-state index contributed by atoms with van der Waals surface area (Å²) >= 11 is 0. The zero-order valence-corrected chi connectivity index (χ0v) is 18.9. The second-order valence-corrected chi connectivity index (χ2v) is 7.98. The molecule has 32 heavy (non-hydrogen) atoms. The van der Waals surface area contributed by atoms with E-state index in [1.165, 1.54) is 11.1 Å². The summed E-state index contributed by atoms with van der Waals surface area (Å²) < 4.78 is 1.96. The average Bonchev–Trinajstić information content (AvgIpc) is 3.23. The summed E-state index contributed by atoms with van der Waals surface area (Å²) in [6.45, 7) is 4.79. The Morgan fingerprint density at radius 1 is 1.06 bits per heavy atom. The molecule has 1 aromatic heterocycles. The lowest BCUT2D eigenvalue weighted by Gasteiger charge is -2.09. The summed E-state index contributed by atoms with van der Waals surface area (Å²) in [6.07, 6.45) is 13.5. The fraction of sp³-hybridized carbons (Fsp3) is 0.259. The molecule has 166 valence electrons. The molecular formula is C27H32N4O. The van der Waals surface area contributed by atoms with Crippen LogP contribution in [0, 0.1) is 13.8 Å². The van der Waals surface area contributed by atoms with Gasteiger partial charge in [-0.15, -0.1) is 0 Å². The molecule has 2 aromatic carbocycles. The first-order valence-electron chi connectivity index (χ1n) is 11.1. The molecule has 0 bridgehead atoms. The van der Waals surface area contributed by atoms with Crippen LogP contribution in [0.15, 0.2) is 84.9 Å². The molecule has 0 spiro atoms. The number of hydrogen-bond acceptors (Lipinski definition) is 3. The van der Waals surface area contributed by atoms with Crippen molar-refractivity contribution < 1.29 is 4.79 Å². The number of allylic oxidation sites excluding steroid dienone is 3. The van der Waals surface area contributed by atoms with Gasteiger partial charge in [-0.05, 0) is 75.1 Å². The van der Waals surface area contributed by atoms with Crippen molar-refractivity contribution in [1.29, 1.82) is 0 Å². The van der Waals surface area contributed by atoms with E-state index in [9.17, 15) is 4.79 Å². The third kappa shape index (κ3) is 7.36. The highest BCUT2D eigenvalue weighted by Crippen LogP contribution is 2.17. The lowest BCUT2D eigenvalue weighted by molar-refractivity contribution is -0.115. The van der Waals surface area contributed by atoms with E-state index >= 15 is 0 Å². The first-order valence-corrected chi connectivity index (χ1v) is 11.1. The zero-order chi connectivity index (χ0) is 22.8. The number of amides is 1. The van der Waals surface area contributed by atoms with Crippen molar-refractivity contribution >= 4 is 11.6 Å². The van der Waals surface area contributed by atoms with Gasteiger partial charge in [0.05, 0.1) is 18.4 Å². The van der Waals surface area contributed by atoms with E-state index in [-0.39, 0.29) is 5.91 Å². The molecule has 1 aliphatic rings. The van der Waals surface area contributed by atoms with Crippen LogP contribution >= 0.6 is 0 Å². The minimum Gasteiger partial charge on any atom is -0.330 e. The highest BCUT2D eigenvalue weighted by atomic mass is 16.1. The number of nitrogens with two attached hydrogens (primary N) is 1. The molecule has 1 heterocycles. The molecule has 1 amide bonds. The van der Waals surface area contributed by atoms with Crippen LogP contribution in [-0.4, -0.2) is 22.0 Å². The summed E-state index contributed by atoms with van der Waals surface area (Å²) in [7, 11) is 0. The maximum Gasteiger partial charge on any atom is 0.228 e. The van der Waals surface area contributed by atoms with Gasteiger partial charge in [-0.3, -0.25) is 4.79 Å². The number of nitrogens with zero attached hydrogens (tertiary/aromatic N) is 2. The smallest absolute Gasteiger partial charge is 0.228 e. The van der Waals surface area contributed by atoms with E-state index in [1.807, 2.05) is 48.0 Å². The van der Waals surface area contributed by atoms with Gasteiger partial charge < -0.3 is 15.6 Å². The van der Waals surface area contributed by atoms with E-state index in [2.05, 4.69) is 53.6 Å². The highest BCUT2D eigenvalue weighted by molar-refractivity contribution is 5.92. The number of imidazole rings is 1. The SMILES string of the molecule is Cc1ccc(CCN)cc1.Cc1cn(-c2ccc(NC(=O)CC3=CCCC=C3)cc2)cn1. The predicted molar refractivity (Wildman–Crippen MR) is 132 cm³/mol. The molecular weight excluding hydrogens is 396 g/mol. The van der Waals surface area contributed by atoms with Crippen LogP contribution in [0.5, 0.6) is 0 Å². The fourth-order valence-electron chi connectivity index (χ4n) is 3.39. The van der Waals surface area contributed by atoms with Crippen molar-refractivity contribution in [3.63, 3.8) is 0 Å². The zero-order valence-electron chi connectivity index (χ0n) is 18.9. The van der Waals surface area contributed by atoms with Crippen molar-refractivity contribution in [3.05, 3.63) is 102 Å². The first kappa shape index (κ1) is 23.2. The number of aryl methyl sites for hydroxylation is 2. The summed E-state index contributed by atoms with van der Waals surface area (Å²) in [5.41, 5.74) is 11.9. The molecule has 0 fully saturated rings. The third-order valence-electron chi connectivity index (χ3n) is 5.15. The van der Waals surface area contributed by atoms with Gasteiger partial charge in [0.25, 0.3) is 0 Å². The Bertz CT molecular complexity index is 1060. The number of aromatic nitrogens is 2. The van der Waals surface area contributed by atoms with E-state index < -0.39 is 0 Å². The van der Waals surface area contributed by atoms with E-state index in [0.29, 0.717) is 6.42 Å². The highest BCUT2D eigenvalue weighted by Gasteiger charge is 2.06. The van der Waals surface area contributed by atoms with Crippen LogP contribution in [0.3, 0.4) is 0 Å². The Morgan fingerprint density at radius 2 is 1.81 bits per heavy atom. The number of nitrogens with one attached hydrogen (secondary N) is 1. The topological polar surface area (TPSA) is 72.9 Å². The van der Waals surface area contributed by atoms with Crippen LogP contribution in [0.25, 0.3) is 5.69 Å². The average molecular weight is 429 g/mol. The molecule has 0 unspecified atom stereocenters. The Labute approximate surface area is 190 Å². The van der Waals surface area contributed by atoms with Gasteiger partial charge in [0, 0.05) is 17.6 Å². The standard InChI is InChI=1S/C18H19N3O.C9H13N/c1-14-12-21(13-19-14)17-9-7-16(8-10-17)20-18(22)11-15-5-3-2-4-6-15;1-8-2-4-9(5-3-8)6-7-10/h3,5-10,12-13H,2,4,11H2,1H3,(H,20,22);2-5H,6-7,10H2,1H3. The number of carbonyl (C=O) groups excluding carboxylic acids is 1. The summed E-state index contributed by atoms with van der Waals surface area (Å²) in [5, 5.41) is 2.93. The van der Waals surface area contributed by atoms with Gasteiger partial charge in [-0.1, -0.05) is 48.1 Å². The Balaban J connectivity index is 0.000000243. The fourth-order valence-corrected chi connectivity index (χ4v) is 3.39. The Kier molecular flexibility index (Phi) is 8.58. The molecule has 0 atom stereocenters. The quantitative estimate of drug-likeness (QED) is 0.561. The minimum absolute atomic E-state index is 0.0176. The number of anilines is 1. The molecule has 4 rings (SSSR count). The molecule has 5 nitrogen and oxygen atoms in total. The van der Waals surface area contributed by atoms with E-state index in [0.717, 1.165) is 48.4 Å². The largest absolute Gasteiger partial charge is 0.330 e. The number of rotatable bonds is 6. The molecule has 5 heteroatoms. The minimum atomic E-state index is 0.0176. The number of hydrogen-bond donors (Lipinski definition) is 2. The van der Waals surface area contributed by atoms with Crippen molar-refractivity contribution in [3.8, 4) is 5.69 Å². The molecule has 3 aromatic rings. The van der Waals surface area contributed by atoms with E-state index in [1.54, 1.807) is 6.33 Å². The Morgan fingerprint density at radius 3 is 2.41 bits per heavy atom. The maximum atomic E-state index is 12.0. The molecule has 0 saturated carbocycles. The lowest BCUT2D eigenvalue weighted by Crippen LogP contribution is -2.12. The molecule has 1 aliphatic carbocycles. The Hall–Kier alpha value is -3.44. The van der Waals surface area contributed by atoms with Crippen LogP contribution in [0.2, 0.25) is 0 Å². The van der Waals surface area contributed by atoms with Crippen LogP contribution < -0.4 is 11.1 Å². The number of carbonyl (C=O) groups is 1. The second-order valence-electron chi connectivity index (χ2n) is 7.98. The lowest BCUT2D eigenvalue weighted by atomic mass is 10.0. The van der Waals surface area contributed by atoms with Crippen molar-refractivity contribution in [1.82, 2.24) is 9.55 Å². The first-order chi connectivity index (χ1) is 15.5. The van der Waals surface area contributed by atoms with E-state index in [4.69, 9.17) is 5.73 Å². The van der Waals surface area contributed by atoms with Gasteiger partial charge in [0.1, 0.15) is 0 Å².